The molecule has 0 saturated carbocycles. The molecule has 0 saturated heterocycles. The van der Waals surface area contributed by atoms with Gasteiger partial charge in [0.25, 0.3) is 0 Å². The molecule has 0 atom stereocenters. The molecule has 0 radical (unpaired) electrons. The van der Waals surface area contributed by atoms with Crippen molar-refractivity contribution in [2.24, 2.45) is 5.92 Å². The number of hydrogen-bond acceptors (Lipinski definition) is 2. The summed E-state index contributed by atoms with van der Waals surface area (Å²) >= 11 is 12.7. The van der Waals surface area contributed by atoms with E-state index < -0.39 is 0 Å². The van der Waals surface area contributed by atoms with Gasteiger partial charge in [-0.2, -0.15) is 0 Å². The van der Waals surface area contributed by atoms with Crippen LogP contribution in [0.5, 0.6) is 0 Å². The van der Waals surface area contributed by atoms with Crippen molar-refractivity contribution in [1.82, 2.24) is 14.9 Å². The molecule has 27 heavy (non-hydrogen) atoms. The highest BCUT2D eigenvalue weighted by Crippen LogP contribution is 2.27. The van der Waals surface area contributed by atoms with Gasteiger partial charge in [-0.1, -0.05) is 55.2 Å². The Labute approximate surface area is 169 Å². The number of halogens is 2. The average Bonchev–Trinajstić information content (AvgIpc) is 3.01. The number of hydrogen-bond donors (Lipinski definition) is 1. The third-order valence-electron chi connectivity index (χ3n) is 4.89. The molecule has 1 N–H and O–H groups in total. The van der Waals surface area contributed by atoms with Crippen LogP contribution in [0.4, 0.5) is 0 Å². The zero-order chi connectivity index (χ0) is 19.4. The predicted octanol–water partition coefficient (Wildman–Crippen LogP) is 5.44. The van der Waals surface area contributed by atoms with E-state index in [-0.39, 0.29) is 11.8 Å². The predicted molar refractivity (Wildman–Crippen MR) is 111 cm³/mol. The van der Waals surface area contributed by atoms with Crippen LogP contribution < -0.4 is 5.32 Å². The van der Waals surface area contributed by atoms with Crippen LogP contribution in [-0.2, 0) is 17.9 Å². The highest BCUT2D eigenvalue weighted by Gasteiger charge is 2.17. The number of carbonyl (C=O) groups is 1. The summed E-state index contributed by atoms with van der Waals surface area (Å²) in [5, 5.41) is 4.26. The van der Waals surface area contributed by atoms with Gasteiger partial charge in [-0.15, -0.1) is 0 Å². The summed E-state index contributed by atoms with van der Waals surface area (Å²) in [6, 6.07) is 13.4. The number of amides is 1. The summed E-state index contributed by atoms with van der Waals surface area (Å²) in [5.41, 5.74) is 2.71. The molecule has 0 unspecified atom stereocenters. The molecule has 2 aromatic carbocycles. The second-order valence-electron chi connectivity index (χ2n) is 6.53. The Morgan fingerprint density at radius 1 is 1.07 bits per heavy atom. The topological polar surface area (TPSA) is 46.9 Å². The molecular weight excluding hydrogens is 381 g/mol. The molecule has 0 aliphatic heterocycles. The molecule has 4 nitrogen and oxygen atoms in total. The Hall–Kier alpha value is -2.04. The molecule has 0 fully saturated rings. The van der Waals surface area contributed by atoms with E-state index in [9.17, 15) is 4.79 Å². The van der Waals surface area contributed by atoms with Crippen LogP contribution in [0.15, 0.2) is 42.5 Å². The Morgan fingerprint density at radius 3 is 2.41 bits per heavy atom. The van der Waals surface area contributed by atoms with Crippen molar-refractivity contribution in [3.05, 3.63) is 63.9 Å². The number of nitrogens with one attached hydrogen (secondary N) is 1. The molecule has 1 aromatic heterocycles. The van der Waals surface area contributed by atoms with Gasteiger partial charge in [-0.25, -0.2) is 4.98 Å². The summed E-state index contributed by atoms with van der Waals surface area (Å²) in [7, 11) is 0. The van der Waals surface area contributed by atoms with Crippen molar-refractivity contribution in [3.63, 3.8) is 0 Å². The largest absolute Gasteiger partial charge is 0.349 e. The third kappa shape index (κ3) is 4.28. The molecular formula is C21H23Cl2N3O. The SMILES string of the molecule is CCC(CC)C(=O)NCc1nc2ccccc2n1Cc1c(Cl)cccc1Cl. The maximum atomic E-state index is 12.4. The van der Waals surface area contributed by atoms with E-state index in [0.29, 0.717) is 23.1 Å². The Morgan fingerprint density at radius 2 is 1.74 bits per heavy atom. The number of rotatable bonds is 7. The Bertz CT molecular complexity index is 927. The van der Waals surface area contributed by atoms with Crippen LogP contribution in [0.2, 0.25) is 10.0 Å². The van der Waals surface area contributed by atoms with Crippen LogP contribution in [0.3, 0.4) is 0 Å². The fourth-order valence-corrected chi connectivity index (χ4v) is 3.77. The van der Waals surface area contributed by atoms with Gasteiger partial charge in [-0.3, -0.25) is 4.79 Å². The molecule has 3 aromatic rings. The van der Waals surface area contributed by atoms with Gasteiger partial charge in [0.2, 0.25) is 5.91 Å². The number of aromatic nitrogens is 2. The third-order valence-corrected chi connectivity index (χ3v) is 5.60. The number of para-hydroxylation sites is 2. The quantitative estimate of drug-likeness (QED) is 0.570. The van der Waals surface area contributed by atoms with Crippen molar-refractivity contribution >= 4 is 40.1 Å². The molecule has 0 aliphatic carbocycles. The van der Waals surface area contributed by atoms with Gasteiger partial charge in [-0.05, 0) is 37.1 Å². The van der Waals surface area contributed by atoms with E-state index in [2.05, 4.69) is 9.88 Å². The maximum absolute atomic E-state index is 12.4. The fourth-order valence-electron chi connectivity index (χ4n) is 3.25. The van der Waals surface area contributed by atoms with E-state index in [4.69, 9.17) is 28.2 Å². The second kappa shape index (κ2) is 8.77. The summed E-state index contributed by atoms with van der Waals surface area (Å²) in [6.45, 7) is 4.92. The van der Waals surface area contributed by atoms with Gasteiger partial charge in [0.05, 0.1) is 24.1 Å². The van der Waals surface area contributed by atoms with Gasteiger partial charge >= 0.3 is 0 Å². The number of imidazole rings is 1. The van der Waals surface area contributed by atoms with Gasteiger partial charge in [0.1, 0.15) is 5.82 Å². The monoisotopic (exact) mass is 403 g/mol. The van der Waals surface area contributed by atoms with Crippen LogP contribution in [0.1, 0.15) is 38.1 Å². The molecule has 0 bridgehead atoms. The Kier molecular flexibility index (Phi) is 6.40. The highest BCUT2D eigenvalue weighted by atomic mass is 35.5. The lowest BCUT2D eigenvalue weighted by molar-refractivity contribution is -0.125. The van der Waals surface area contributed by atoms with E-state index >= 15 is 0 Å². The molecule has 3 rings (SSSR count). The fraction of sp³-hybridized carbons (Fsp3) is 0.333. The first-order valence-corrected chi connectivity index (χ1v) is 9.95. The van der Waals surface area contributed by atoms with E-state index in [1.165, 1.54) is 0 Å². The molecule has 1 amide bonds. The first-order chi connectivity index (χ1) is 13.0. The zero-order valence-electron chi connectivity index (χ0n) is 15.5. The van der Waals surface area contributed by atoms with E-state index in [0.717, 1.165) is 35.3 Å². The average molecular weight is 404 g/mol. The van der Waals surface area contributed by atoms with Crippen LogP contribution in [0.25, 0.3) is 11.0 Å². The first kappa shape index (κ1) is 19.7. The number of benzene rings is 2. The lowest BCUT2D eigenvalue weighted by Crippen LogP contribution is -2.30. The zero-order valence-corrected chi connectivity index (χ0v) is 17.0. The van der Waals surface area contributed by atoms with Crippen LogP contribution >= 0.6 is 23.2 Å². The first-order valence-electron chi connectivity index (χ1n) is 9.19. The standard InChI is InChI=1S/C21H23Cl2N3O/c1-3-14(4-2)21(27)24-12-20-25-18-10-5-6-11-19(18)26(20)13-15-16(22)8-7-9-17(15)23/h5-11,14H,3-4,12-13H2,1-2H3,(H,24,27). The number of fused-ring (bicyclic) bond motifs is 1. The highest BCUT2D eigenvalue weighted by molar-refractivity contribution is 6.36. The minimum absolute atomic E-state index is 0.0286. The van der Waals surface area contributed by atoms with Crippen molar-refractivity contribution < 1.29 is 4.79 Å². The number of nitrogens with zero attached hydrogens (tertiary/aromatic N) is 2. The normalized spacial score (nSPS) is 11.3. The summed E-state index contributed by atoms with van der Waals surface area (Å²) in [4.78, 5) is 17.1. The number of carbonyl (C=O) groups excluding carboxylic acids is 1. The van der Waals surface area contributed by atoms with Crippen LogP contribution in [-0.4, -0.2) is 15.5 Å². The summed E-state index contributed by atoms with van der Waals surface area (Å²) in [6.07, 6.45) is 1.65. The molecule has 142 valence electrons. The van der Waals surface area contributed by atoms with Crippen LogP contribution in [0, 0.1) is 5.92 Å². The van der Waals surface area contributed by atoms with Crippen molar-refractivity contribution in [2.75, 3.05) is 0 Å². The van der Waals surface area contributed by atoms with Crippen molar-refractivity contribution in [3.8, 4) is 0 Å². The minimum atomic E-state index is 0.0286. The minimum Gasteiger partial charge on any atom is -0.349 e. The van der Waals surface area contributed by atoms with E-state index in [1.54, 1.807) is 0 Å². The van der Waals surface area contributed by atoms with Gasteiger partial charge < -0.3 is 9.88 Å². The van der Waals surface area contributed by atoms with Crippen molar-refractivity contribution in [2.45, 2.75) is 39.8 Å². The summed E-state index contributed by atoms with van der Waals surface area (Å²) in [5.74, 6) is 0.877. The van der Waals surface area contributed by atoms with Crippen molar-refractivity contribution in [1.29, 1.82) is 0 Å². The molecule has 0 spiro atoms. The van der Waals surface area contributed by atoms with Gasteiger partial charge in [0.15, 0.2) is 0 Å². The Balaban J connectivity index is 1.94. The smallest absolute Gasteiger partial charge is 0.223 e. The second-order valence-corrected chi connectivity index (χ2v) is 7.35. The maximum Gasteiger partial charge on any atom is 0.223 e. The molecule has 6 heteroatoms. The molecule has 1 heterocycles. The lowest BCUT2D eigenvalue weighted by Gasteiger charge is -2.15. The van der Waals surface area contributed by atoms with E-state index in [1.807, 2.05) is 56.3 Å². The molecule has 0 aliphatic rings. The van der Waals surface area contributed by atoms with Gasteiger partial charge in [0, 0.05) is 21.5 Å². The lowest BCUT2D eigenvalue weighted by atomic mass is 10.0. The summed E-state index contributed by atoms with van der Waals surface area (Å²) < 4.78 is 2.07.